The lowest BCUT2D eigenvalue weighted by atomic mass is 10.2. The smallest absolute Gasteiger partial charge is 0.226 e. The molecule has 0 aliphatic carbocycles. The van der Waals surface area contributed by atoms with E-state index in [1.165, 1.54) is 11.8 Å². The quantitative estimate of drug-likeness (QED) is 0.773. The zero-order chi connectivity index (χ0) is 10.7. The molecule has 0 unspecified atom stereocenters. The van der Waals surface area contributed by atoms with Crippen molar-refractivity contribution in [1.29, 1.82) is 0 Å². The van der Waals surface area contributed by atoms with Crippen molar-refractivity contribution in [3.63, 3.8) is 0 Å². The molecule has 0 N–H and O–H groups in total. The van der Waals surface area contributed by atoms with E-state index < -0.39 is 0 Å². The first kappa shape index (κ1) is 11.0. The molecule has 1 aromatic carbocycles. The Morgan fingerprint density at radius 3 is 2.73 bits per heavy atom. The second-order valence-corrected chi connectivity index (χ2v) is 5.63. The maximum absolute atomic E-state index is 11.7. The van der Waals surface area contributed by atoms with Gasteiger partial charge in [-0.25, -0.2) is 0 Å². The van der Waals surface area contributed by atoms with Gasteiger partial charge in [-0.3, -0.25) is 9.79 Å². The summed E-state index contributed by atoms with van der Waals surface area (Å²) in [4.78, 5) is 16.0. The van der Waals surface area contributed by atoms with Crippen LogP contribution in [-0.4, -0.2) is 21.8 Å². The lowest BCUT2D eigenvalue weighted by molar-refractivity contribution is 0.109. The molecule has 0 atom stereocenters. The van der Waals surface area contributed by atoms with E-state index in [0.29, 0.717) is 10.6 Å². The molecule has 2 rings (SSSR count). The van der Waals surface area contributed by atoms with Crippen LogP contribution in [0.1, 0.15) is 10.4 Å². The van der Waals surface area contributed by atoms with Gasteiger partial charge in [-0.15, -0.1) is 0 Å². The van der Waals surface area contributed by atoms with Crippen molar-refractivity contribution in [2.45, 2.75) is 0 Å². The predicted molar refractivity (Wildman–Crippen MR) is 68.1 cm³/mol. The number of hydrogen-bond donors (Lipinski definition) is 0. The minimum absolute atomic E-state index is 0.0276. The number of nitrogens with zero attached hydrogens (tertiary/aromatic N) is 1. The molecule has 78 valence electrons. The van der Waals surface area contributed by atoms with Gasteiger partial charge >= 0.3 is 0 Å². The summed E-state index contributed by atoms with van der Waals surface area (Å²) in [5, 5.41) is 0.670. The van der Waals surface area contributed by atoms with Gasteiger partial charge in [-0.05, 0) is 36.0 Å². The maximum atomic E-state index is 11.7. The van der Waals surface area contributed by atoms with Crippen LogP contribution in [0.15, 0.2) is 29.3 Å². The third-order valence-electron chi connectivity index (χ3n) is 1.82. The van der Waals surface area contributed by atoms with Crippen LogP contribution in [0.4, 0.5) is 0 Å². The van der Waals surface area contributed by atoms with E-state index in [-0.39, 0.29) is 5.12 Å². The number of rotatable bonds is 1. The normalized spacial score (nSPS) is 15.1. The molecule has 15 heavy (non-hydrogen) atoms. The van der Waals surface area contributed by atoms with E-state index in [2.05, 4.69) is 4.99 Å². The van der Waals surface area contributed by atoms with Crippen LogP contribution in [0.3, 0.4) is 0 Å². The molecular formula is C10H8ClNOS2. The summed E-state index contributed by atoms with van der Waals surface area (Å²) in [6, 6.07) is 6.91. The van der Waals surface area contributed by atoms with Crippen molar-refractivity contribution in [1.82, 2.24) is 0 Å². The average Bonchev–Trinajstić information content (AvgIpc) is 2.71. The van der Waals surface area contributed by atoms with Crippen LogP contribution < -0.4 is 0 Å². The van der Waals surface area contributed by atoms with Gasteiger partial charge in [0.05, 0.1) is 6.54 Å². The fourth-order valence-electron chi connectivity index (χ4n) is 1.10. The topological polar surface area (TPSA) is 29.4 Å². The van der Waals surface area contributed by atoms with Crippen molar-refractivity contribution in [3.8, 4) is 0 Å². The van der Waals surface area contributed by atoms with E-state index in [1.807, 2.05) is 0 Å². The van der Waals surface area contributed by atoms with Crippen LogP contribution in [0.25, 0.3) is 0 Å². The van der Waals surface area contributed by atoms with Crippen molar-refractivity contribution in [2.75, 3.05) is 12.3 Å². The molecule has 2 nitrogen and oxygen atoms in total. The predicted octanol–water partition coefficient (Wildman–Crippen LogP) is 3.32. The standard InChI is InChI=1S/C10H8ClNOS2/c11-8-3-1-7(2-4-8)9(13)15-10-12-5-6-14-10/h1-4H,5-6H2. The Morgan fingerprint density at radius 2 is 2.13 bits per heavy atom. The Bertz CT molecular complexity index is 402. The third-order valence-corrected chi connectivity index (χ3v) is 4.16. The van der Waals surface area contributed by atoms with Gasteiger partial charge in [-0.2, -0.15) is 0 Å². The van der Waals surface area contributed by atoms with Gasteiger partial charge in [0.15, 0.2) is 0 Å². The van der Waals surface area contributed by atoms with Crippen LogP contribution >= 0.6 is 35.1 Å². The first-order chi connectivity index (χ1) is 7.25. The Hall–Kier alpha value is -0.450. The Morgan fingerprint density at radius 1 is 1.40 bits per heavy atom. The number of carbonyl (C=O) groups is 1. The van der Waals surface area contributed by atoms with Gasteiger partial charge in [0.2, 0.25) is 5.12 Å². The monoisotopic (exact) mass is 257 g/mol. The summed E-state index contributed by atoms with van der Waals surface area (Å²) in [5.74, 6) is 0.982. The van der Waals surface area contributed by atoms with Gasteiger partial charge < -0.3 is 0 Å². The molecule has 0 fully saturated rings. The van der Waals surface area contributed by atoms with Crippen molar-refractivity contribution < 1.29 is 4.79 Å². The molecule has 0 saturated carbocycles. The summed E-state index contributed by atoms with van der Waals surface area (Å²) in [6.07, 6.45) is 0. The van der Waals surface area contributed by atoms with Crippen LogP contribution in [-0.2, 0) is 0 Å². The number of aliphatic imine (C=N–C) groups is 1. The summed E-state index contributed by atoms with van der Waals surface area (Å²) in [5.41, 5.74) is 0.666. The summed E-state index contributed by atoms with van der Waals surface area (Å²) < 4.78 is 0.870. The van der Waals surface area contributed by atoms with Gasteiger partial charge in [0, 0.05) is 16.3 Å². The lowest BCUT2D eigenvalue weighted by Crippen LogP contribution is -1.95. The largest absolute Gasteiger partial charge is 0.281 e. The second-order valence-electron chi connectivity index (χ2n) is 2.89. The molecule has 1 aromatic rings. The van der Waals surface area contributed by atoms with Gasteiger partial charge in [-0.1, -0.05) is 23.4 Å². The van der Waals surface area contributed by atoms with E-state index in [4.69, 9.17) is 11.6 Å². The molecule has 0 radical (unpaired) electrons. The highest BCUT2D eigenvalue weighted by Gasteiger charge is 2.14. The number of hydrogen-bond acceptors (Lipinski definition) is 4. The zero-order valence-corrected chi connectivity index (χ0v) is 10.2. The molecule has 5 heteroatoms. The fraction of sp³-hybridized carbons (Fsp3) is 0.200. The Balaban J connectivity index is 2.04. The molecule has 0 amide bonds. The number of thioether (sulfide) groups is 2. The minimum Gasteiger partial charge on any atom is -0.281 e. The SMILES string of the molecule is O=C(SC1=NCCS1)c1ccc(Cl)cc1. The summed E-state index contributed by atoms with van der Waals surface area (Å²) in [7, 11) is 0. The van der Waals surface area contributed by atoms with Crippen molar-refractivity contribution in [3.05, 3.63) is 34.9 Å². The third kappa shape index (κ3) is 3.00. The average molecular weight is 258 g/mol. The number of benzene rings is 1. The van der Waals surface area contributed by atoms with Crippen molar-refractivity contribution in [2.24, 2.45) is 4.99 Å². The van der Waals surface area contributed by atoms with Crippen molar-refractivity contribution >= 4 is 44.6 Å². The van der Waals surface area contributed by atoms with Gasteiger partial charge in [0.25, 0.3) is 0 Å². The fourth-order valence-corrected chi connectivity index (χ4v) is 3.05. The molecule has 0 aromatic heterocycles. The zero-order valence-electron chi connectivity index (χ0n) is 7.77. The number of halogens is 1. The van der Waals surface area contributed by atoms with Crippen LogP contribution in [0.2, 0.25) is 5.02 Å². The lowest BCUT2D eigenvalue weighted by Gasteiger charge is -1.99. The molecular weight excluding hydrogens is 250 g/mol. The van der Waals surface area contributed by atoms with E-state index in [9.17, 15) is 4.79 Å². The minimum atomic E-state index is 0.0276. The molecule has 1 aliphatic heterocycles. The van der Waals surface area contributed by atoms with E-state index in [0.717, 1.165) is 16.7 Å². The van der Waals surface area contributed by atoms with E-state index >= 15 is 0 Å². The van der Waals surface area contributed by atoms with E-state index in [1.54, 1.807) is 36.0 Å². The Kier molecular flexibility index (Phi) is 3.72. The van der Waals surface area contributed by atoms with Crippen LogP contribution in [0.5, 0.6) is 0 Å². The number of carbonyl (C=O) groups excluding carboxylic acids is 1. The first-order valence-electron chi connectivity index (χ1n) is 4.41. The molecule has 0 saturated heterocycles. The summed E-state index contributed by atoms with van der Waals surface area (Å²) >= 11 is 8.57. The Labute approximate surface area is 101 Å². The second kappa shape index (κ2) is 5.05. The molecule has 0 bridgehead atoms. The highest BCUT2D eigenvalue weighted by atomic mass is 35.5. The van der Waals surface area contributed by atoms with Crippen LogP contribution in [0, 0.1) is 0 Å². The molecule has 1 heterocycles. The van der Waals surface area contributed by atoms with Gasteiger partial charge in [0.1, 0.15) is 4.38 Å². The maximum Gasteiger partial charge on any atom is 0.226 e. The highest BCUT2D eigenvalue weighted by molar-refractivity contribution is 8.45. The molecule has 1 aliphatic rings. The molecule has 0 spiro atoms. The summed E-state index contributed by atoms with van der Waals surface area (Å²) in [6.45, 7) is 0.820. The highest BCUT2D eigenvalue weighted by Crippen LogP contribution is 2.25. The first-order valence-corrected chi connectivity index (χ1v) is 6.59.